The molecule has 6 nitrogen and oxygen atoms in total. The number of amides is 1. The molecule has 2 aromatic rings. The number of nitrogens with two attached hydrogens (primary N) is 1. The summed E-state index contributed by atoms with van der Waals surface area (Å²) >= 11 is 11.9. The molecule has 0 saturated heterocycles. The van der Waals surface area contributed by atoms with Gasteiger partial charge < -0.3 is 10.1 Å². The Morgan fingerprint density at radius 3 is 2.30 bits per heavy atom. The van der Waals surface area contributed by atoms with Gasteiger partial charge in [-0.1, -0.05) is 23.2 Å². The molecule has 0 saturated carbocycles. The molecule has 0 spiro atoms. The summed E-state index contributed by atoms with van der Waals surface area (Å²) in [7, 11) is -2.41. The number of anilines is 1. The Bertz CT molecular complexity index is 852. The van der Waals surface area contributed by atoms with Crippen LogP contribution in [0.3, 0.4) is 0 Å². The molecule has 1 amide bonds. The molecule has 2 rings (SSSR count). The first-order valence-electron chi connectivity index (χ1n) is 6.19. The predicted octanol–water partition coefficient (Wildman–Crippen LogP) is 2.90. The second-order valence-electron chi connectivity index (χ2n) is 4.49. The summed E-state index contributed by atoms with van der Waals surface area (Å²) in [4.78, 5) is 12.3. The van der Waals surface area contributed by atoms with Crippen LogP contribution in [0, 0.1) is 0 Å². The van der Waals surface area contributed by atoms with E-state index in [4.69, 9.17) is 33.1 Å². The first kappa shape index (κ1) is 17.6. The van der Waals surface area contributed by atoms with E-state index in [2.05, 4.69) is 5.32 Å². The lowest BCUT2D eigenvalue weighted by molar-refractivity contribution is 0.102. The number of rotatable bonds is 4. The number of methoxy groups -OCH3 is 1. The number of nitrogens with one attached hydrogen (secondary N) is 1. The van der Waals surface area contributed by atoms with Crippen molar-refractivity contribution in [3.05, 3.63) is 52.0 Å². The Kier molecular flexibility index (Phi) is 5.16. The lowest BCUT2D eigenvalue weighted by Gasteiger charge is -2.11. The highest BCUT2D eigenvalue weighted by Gasteiger charge is 2.17. The van der Waals surface area contributed by atoms with Crippen LogP contribution in [-0.2, 0) is 10.0 Å². The van der Waals surface area contributed by atoms with E-state index < -0.39 is 15.9 Å². The number of ether oxygens (including phenoxy) is 1. The van der Waals surface area contributed by atoms with Gasteiger partial charge in [-0.15, -0.1) is 0 Å². The Labute approximate surface area is 143 Å². The van der Waals surface area contributed by atoms with E-state index in [1.54, 1.807) is 0 Å². The number of hydrogen-bond donors (Lipinski definition) is 2. The molecule has 0 fully saturated rings. The van der Waals surface area contributed by atoms with Crippen LogP contribution < -0.4 is 15.2 Å². The minimum Gasteiger partial charge on any atom is -0.494 e. The summed E-state index contributed by atoms with van der Waals surface area (Å²) in [5.74, 6) is -0.315. The zero-order valence-electron chi connectivity index (χ0n) is 11.8. The predicted molar refractivity (Wildman–Crippen MR) is 88.8 cm³/mol. The molecule has 9 heteroatoms. The zero-order chi connectivity index (χ0) is 17.2. The van der Waals surface area contributed by atoms with Gasteiger partial charge in [0.05, 0.1) is 22.6 Å². The normalized spacial score (nSPS) is 11.1. The van der Waals surface area contributed by atoms with Gasteiger partial charge in [-0.3, -0.25) is 4.79 Å². The zero-order valence-corrected chi connectivity index (χ0v) is 14.2. The van der Waals surface area contributed by atoms with Gasteiger partial charge in [-0.2, -0.15) is 0 Å². The van der Waals surface area contributed by atoms with Gasteiger partial charge >= 0.3 is 0 Å². The van der Waals surface area contributed by atoms with Gasteiger partial charge in [0.25, 0.3) is 5.91 Å². The SMILES string of the molecule is COc1c(Cl)cc(Cl)cc1C(=O)Nc1ccc(S(N)(=O)=O)cc1. The molecule has 3 N–H and O–H groups in total. The fourth-order valence-electron chi connectivity index (χ4n) is 1.86. The monoisotopic (exact) mass is 374 g/mol. The lowest BCUT2D eigenvalue weighted by atomic mass is 10.1. The Morgan fingerprint density at radius 1 is 1.17 bits per heavy atom. The van der Waals surface area contributed by atoms with Gasteiger partial charge in [0.1, 0.15) is 5.75 Å². The third kappa shape index (κ3) is 4.14. The molecule has 0 aliphatic heterocycles. The third-order valence-electron chi connectivity index (χ3n) is 2.90. The van der Waals surface area contributed by atoms with Gasteiger partial charge in [0.2, 0.25) is 10.0 Å². The number of sulfonamides is 1. The van der Waals surface area contributed by atoms with E-state index in [0.29, 0.717) is 5.69 Å². The first-order chi connectivity index (χ1) is 10.7. The van der Waals surface area contributed by atoms with Crippen molar-refractivity contribution in [1.82, 2.24) is 0 Å². The van der Waals surface area contributed by atoms with Crippen molar-refractivity contribution in [2.24, 2.45) is 5.14 Å². The summed E-state index contributed by atoms with van der Waals surface area (Å²) < 4.78 is 27.5. The van der Waals surface area contributed by atoms with E-state index >= 15 is 0 Å². The number of primary sulfonamides is 1. The third-order valence-corrected chi connectivity index (χ3v) is 4.33. The summed E-state index contributed by atoms with van der Waals surface area (Å²) in [6.45, 7) is 0. The van der Waals surface area contributed by atoms with Crippen LogP contribution in [0.2, 0.25) is 10.0 Å². The van der Waals surface area contributed by atoms with Crippen molar-refractivity contribution in [2.45, 2.75) is 4.90 Å². The fraction of sp³-hybridized carbons (Fsp3) is 0.0714. The second-order valence-corrected chi connectivity index (χ2v) is 6.90. The van der Waals surface area contributed by atoms with Crippen molar-refractivity contribution < 1.29 is 17.9 Å². The van der Waals surface area contributed by atoms with Crippen molar-refractivity contribution >= 4 is 44.8 Å². The Morgan fingerprint density at radius 2 is 1.78 bits per heavy atom. The largest absolute Gasteiger partial charge is 0.494 e. The second kappa shape index (κ2) is 6.76. The van der Waals surface area contributed by atoms with Gasteiger partial charge in [0, 0.05) is 10.7 Å². The molecular weight excluding hydrogens is 363 g/mol. The van der Waals surface area contributed by atoms with Crippen molar-refractivity contribution in [1.29, 1.82) is 0 Å². The highest BCUT2D eigenvalue weighted by atomic mass is 35.5. The van der Waals surface area contributed by atoms with E-state index in [1.165, 1.54) is 43.5 Å². The smallest absolute Gasteiger partial charge is 0.259 e. The minimum absolute atomic E-state index is 0.0566. The van der Waals surface area contributed by atoms with E-state index in [1.807, 2.05) is 0 Å². The van der Waals surface area contributed by atoms with Crippen molar-refractivity contribution in [2.75, 3.05) is 12.4 Å². The van der Waals surface area contributed by atoms with Crippen molar-refractivity contribution in [3.8, 4) is 5.75 Å². The Balaban J connectivity index is 2.29. The summed E-state index contributed by atoms with van der Waals surface area (Å²) in [6.07, 6.45) is 0. The first-order valence-corrected chi connectivity index (χ1v) is 8.50. The highest BCUT2D eigenvalue weighted by molar-refractivity contribution is 7.89. The van der Waals surface area contributed by atoms with Gasteiger partial charge in [-0.05, 0) is 36.4 Å². The quantitative estimate of drug-likeness (QED) is 0.859. The minimum atomic E-state index is -3.79. The van der Waals surface area contributed by atoms with Crippen LogP contribution in [0.4, 0.5) is 5.69 Å². The van der Waals surface area contributed by atoms with Crippen LogP contribution in [0.25, 0.3) is 0 Å². The van der Waals surface area contributed by atoms with Crippen molar-refractivity contribution in [3.63, 3.8) is 0 Å². The summed E-state index contributed by atoms with van der Waals surface area (Å²) in [5.41, 5.74) is 0.529. The number of carbonyl (C=O) groups excluding carboxylic acids is 1. The molecule has 0 aliphatic carbocycles. The average molecular weight is 375 g/mol. The van der Waals surface area contributed by atoms with E-state index in [0.717, 1.165) is 0 Å². The molecule has 0 aromatic heterocycles. The number of carbonyl (C=O) groups is 1. The number of benzene rings is 2. The lowest BCUT2D eigenvalue weighted by Crippen LogP contribution is -2.14. The molecule has 2 aromatic carbocycles. The van der Waals surface area contributed by atoms with Gasteiger partial charge in [0.15, 0.2) is 0 Å². The maximum Gasteiger partial charge on any atom is 0.259 e. The molecule has 0 aliphatic rings. The van der Waals surface area contributed by atoms with Crippen LogP contribution in [-0.4, -0.2) is 21.4 Å². The van der Waals surface area contributed by atoms with E-state index in [-0.39, 0.29) is 26.3 Å². The summed E-state index contributed by atoms with van der Waals surface area (Å²) in [5, 5.41) is 8.09. The summed E-state index contributed by atoms with van der Waals surface area (Å²) in [6, 6.07) is 8.27. The van der Waals surface area contributed by atoms with Crippen LogP contribution in [0.1, 0.15) is 10.4 Å². The molecule has 23 heavy (non-hydrogen) atoms. The van der Waals surface area contributed by atoms with Crippen LogP contribution in [0.15, 0.2) is 41.3 Å². The molecular formula is C14H12Cl2N2O4S. The molecule has 0 bridgehead atoms. The molecule has 0 atom stereocenters. The molecule has 0 unspecified atom stereocenters. The van der Waals surface area contributed by atoms with E-state index in [9.17, 15) is 13.2 Å². The fourth-order valence-corrected chi connectivity index (χ4v) is 2.95. The highest BCUT2D eigenvalue weighted by Crippen LogP contribution is 2.32. The molecule has 122 valence electrons. The van der Waals surface area contributed by atoms with Gasteiger partial charge in [-0.25, -0.2) is 13.6 Å². The topological polar surface area (TPSA) is 98.5 Å². The number of halogens is 2. The Hall–Kier alpha value is -1.80. The van der Waals surface area contributed by atoms with Crippen LogP contribution >= 0.6 is 23.2 Å². The maximum absolute atomic E-state index is 12.3. The number of hydrogen-bond acceptors (Lipinski definition) is 4. The molecule has 0 radical (unpaired) electrons. The van der Waals surface area contributed by atoms with Crippen LogP contribution in [0.5, 0.6) is 5.75 Å². The maximum atomic E-state index is 12.3. The standard InChI is InChI=1S/C14H12Cl2N2O4S/c1-22-13-11(6-8(15)7-12(13)16)14(19)18-9-2-4-10(5-3-9)23(17,20)21/h2-7H,1H3,(H,18,19)(H2,17,20,21). The molecule has 0 heterocycles. The average Bonchev–Trinajstić information content (AvgIpc) is 2.46.